The lowest BCUT2D eigenvalue weighted by molar-refractivity contribution is -0.121. The lowest BCUT2D eigenvalue weighted by atomic mass is 9.90. The second-order valence-electron chi connectivity index (χ2n) is 7.01. The van der Waals surface area contributed by atoms with Gasteiger partial charge >= 0.3 is 0 Å². The van der Waals surface area contributed by atoms with E-state index in [4.69, 9.17) is 0 Å². The lowest BCUT2D eigenvalue weighted by Crippen LogP contribution is -2.32. The second-order valence-corrected chi connectivity index (χ2v) is 7.01. The van der Waals surface area contributed by atoms with E-state index in [1.165, 1.54) is 0 Å². The van der Waals surface area contributed by atoms with Crippen molar-refractivity contribution in [3.63, 3.8) is 0 Å². The normalized spacial score (nSPS) is 10.9. The number of aromatic nitrogens is 1. The first-order chi connectivity index (χ1) is 14.2. The van der Waals surface area contributed by atoms with Crippen LogP contribution in [0.3, 0.4) is 0 Å². The van der Waals surface area contributed by atoms with Gasteiger partial charge in [-0.1, -0.05) is 78.9 Å². The van der Waals surface area contributed by atoms with Crippen molar-refractivity contribution in [2.45, 2.75) is 12.3 Å². The third-order valence-electron chi connectivity index (χ3n) is 5.05. The summed E-state index contributed by atoms with van der Waals surface area (Å²) >= 11 is 0. The molecular formula is C25H22N2O2. The number of benzene rings is 3. The highest BCUT2D eigenvalue weighted by Gasteiger charge is 2.22. The van der Waals surface area contributed by atoms with Gasteiger partial charge < -0.3 is 10.3 Å². The number of carbonyl (C=O) groups excluding carboxylic acids is 1. The summed E-state index contributed by atoms with van der Waals surface area (Å²) in [7, 11) is 0. The smallest absolute Gasteiger partial charge is 0.251 e. The molecule has 0 saturated carbocycles. The first-order valence-corrected chi connectivity index (χ1v) is 9.71. The van der Waals surface area contributed by atoms with Crippen molar-refractivity contribution in [1.29, 1.82) is 0 Å². The Bertz CT molecular complexity index is 1130. The minimum Gasteiger partial charge on any atom is -0.355 e. The van der Waals surface area contributed by atoms with E-state index in [1.54, 1.807) is 0 Å². The number of para-hydroxylation sites is 1. The zero-order valence-electron chi connectivity index (χ0n) is 16.0. The first kappa shape index (κ1) is 18.7. The number of nitrogens with one attached hydrogen (secondary N) is 2. The van der Waals surface area contributed by atoms with Crippen molar-refractivity contribution in [2.24, 2.45) is 0 Å². The first-order valence-electron chi connectivity index (χ1n) is 9.71. The maximum absolute atomic E-state index is 13.0. The van der Waals surface area contributed by atoms with Gasteiger partial charge in [0.05, 0.1) is 5.92 Å². The highest BCUT2D eigenvalue weighted by atomic mass is 16.2. The van der Waals surface area contributed by atoms with E-state index >= 15 is 0 Å². The number of aromatic amines is 1. The van der Waals surface area contributed by atoms with Crippen LogP contribution in [0.15, 0.2) is 95.8 Å². The van der Waals surface area contributed by atoms with Crippen molar-refractivity contribution < 1.29 is 4.79 Å². The summed E-state index contributed by atoms with van der Waals surface area (Å²) in [5.41, 5.74) is 3.26. The van der Waals surface area contributed by atoms with Crippen LogP contribution in [0.4, 0.5) is 0 Å². The zero-order valence-corrected chi connectivity index (χ0v) is 16.0. The summed E-state index contributed by atoms with van der Waals surface area (Å²) in [6, 6.07) is 29.1. The van der Waals surface area contributed by atoms with E-state index in [-0.39, 0.29) is 17.4 Å². The summed E-state index contributed by atoms with van der Waals surface area (Å²) in [6.07, 6.45) is 0.474. The Balaban J connectivity index is 1.50. The molecule has 0 spiro atoms. The molecule has 3 aromatic carbocycles. The summed E-state index contributed by atoms with van der Waals surface area (Å²) < 4.78 is 0. The van der Waals surface area contributed by atoms with Crippen molar-refractivity contribution in [3.8, 4) is 0 Å². The minimum atomic E-state index is -0.382. The second kappa shape index (κ2) is 8.57. The van der Waals surface area contributed by atoms with Crippen LogP contribution in [0.2, 0.25) is 0 Å². The van der Waals surface area contributed by atoms with Gasteiger partial charge in [-0.05, 0) is 35.1 Å². The van der Waals surface area contributed by atoms with Crippen LogP contribution >= 0.6 is 0 Å². The summed E-state index contributed by atoms with van der Waals surface area (Å²) in [6.45, 7) is 0.399. The topological polar surface area (TPSA) is 62.0 Å². The molecule has 0 atom stereocenters. The fraction of sp³-hybridized carbons (Fsp3) is 0.120. The maximum atomic E-state index is 13.0. The largest absolute Gasteiger partial charge is 0.355 e. The van der Waals surface area contributed by atoms with Crippen molar-refractivity contribution >= 4 is 16.8 Å². The molecule has 0 bridgehead atoms. The lowest BCUT2D eigenvalue weighted by Gasteiger charge is -2.18. The molecule has 1 aromatic heterocycles. The van der Waals surface area contributed by atoms with Gasteiger partial charge in [-0.15, -0.1) is 0 Å². The molecule has 0 aliphatic rings. The van der Waals surface area contributed by atoms with Crippen LogP contribution in [0.5, 0.6) is 0 Å². The molecule has 0 radical (unpaired) electrons. The highest BCUT2D eigenvalue weighted by Crippen LogP contribution is 2.24. The summed E-state index contributed by atoms with van der Waals surface area (Å²) in [4.78, 5) is 28.3. The number of pyridine rings is 1. The molecule has 0 fully saturated rings. The van der Waals surface area contributed by atoms with Crippen LogP contribution < -0.4 is 10.9 Å². The average Bonchev–Trinajstić information content (AvgIpc) is 2.76. The molecule has 144 valence electrons. The van der Waals surface area contributed by atoms with Crippen LogP contribution in [0, 0.1) is 0 Å². The Hall–Kier alpha value is -3.66. The van der Waals surface area contributed by atoms with Crippen molar-refractivity contribution in [2.75, 3.05) is 6.54 Å². The average molecular weight is 382 g/mol. The number of carbonyl (C=O) groups is 1. The van der Waals surface area contributed by atoms with Gasteiger partial charge in [0, 0.05) is 17.6 Å². The standard InChI is InChI=1S/C25H22N2O2/c28-24-21(17-20-13-7-8-14-22(20)27-24)15-16-26-25(29)23(18-9-3-1-4-10-18)19-11-5-2-6-12-19/h1-14,17,23H,15-16H2,(H,26,29)(H,27,28). The Morgan fingerprint density at radius 2 is 1.41 bits per heavy atom. The molecule has 29 heavy (non-hydrogen) atoms. The molecule has 2 N–H and O–H groups in total. The Morgan fingerprint density at radius 3 is 2.07 bits per heavy atom. The molecule has 4 nitrogen and oxygen atoms in total. The van der Waals surface area contributed by atoms with Gasteiger partial charge in [-0.25, -0.2) is 0 Å². The van der Waals surface area contributed by atoms with Crippen molar-refractivity contribution in [1.82, 2.24) is 10.3 Å². The molecule has 4 aromatic rings. The van der Waals surface area contributed by atoms with Gasteiger partial charge in [0.25, 0.3) is 5.56 Å². The number of hydrogen-bond donors (Lipinski definition) is 2. The van der Waals surface area contributed by atoms with Crippen LogP contribution in [0.1, 0.15) is 22.6 Å². The minimum absolute atomic E-state index is 0.0698. The third-order valence-corrected chi connectivity index (χ3v) is 5.05. The van der Waals surface area contributed by atoms with Crippen molar-refractivity contribution in [3.05, 3.63) is 118 Å². The number of H-pyrrole nitrogens is 1. The zero-order chi connectivity index (χ0) is 20.1. The van der Waals surface area contributed by atoms with Gasteiger partial charge in [0.2, 0.25) is 5.91 Å². The predicted octanol–water partition coefficient (Wildman–Crippen LogP) is 4.02. The van der Waals surface area contributed by atoms with Crippen LogP contribution in [0.25, 0.3) is 10.9 Å². The fourth-order valence-electron chi connectivity index (χ4n) is 3.59. The summed E-state index contributed by atoms with van der Waals surface area (Å²) in [5, 5.41) is 4.00. The number of hydrogen-bond acceptors (Lipinski definition) is 2. The molecular weight excluding hydrogens is 360 g/mol. The molecule has 1 heterocycles. The monoisotopic (exact) mass is 382 g/mol. The van der Waals surface area contributed by atoms with E-state index in [1.807, 2.05) is 91.0 Å². The highest BCUT2D eigenvalue weighted by molar-refractivity contribution is 5.87. The van der Waals surface area contributed by atoms with E-state index in [9.17, 15) is 9.59 Å². The van der Waals surface area contributed by atoms with Crippen LogP contribution in [-0.2, 0) is 11.2 Å². The Labute approximate surface area is 169 Å². The molecule has 4 rings (SSSR count). The number of rotatable bonds is 6. The molecule has 4 heteroatoms. The number of amides is 1. The fourth-order valence-corrected chi connectivity index (χ4v) is 3.59. The predicted molar refractivity (Wildman–Crippen MR) is 116 cm³/mol. The van der Waals surface area contributed by atoms with Gasteiger partial charge in [0.15, 0.2) is 0 Å². The molecule has 1 amide bonds. The Morgan fingerprint density at radius 1 is 0.828 bits per heavy atom. The van der Waals surface area contributed by atoms with Crippen LogP contribution in [-0.4, -0.2) is 17.4 Å². The Kier molecular flexibility index (Phi) is 5.52. The van der Waals surface area contributed by atoms with Gasteiger partial charge in [-0.3, -0.25) is 9.59 Å². The quantitative estimate of drug-likeness (QED) is 0.529. The van der Waals surface area contributed by atoms with E-state index in [0.717, 1.165) is 22.0 Å². The summed E-state index contributed by atoms with van der Waals surface area (Å²) in [5.74, 6) is -0.452. The SMILES string of the molecule is O=C(NCCc1cc2ccccc2[nH]c1=O)C(c1ccccc1)c1ccccc1. The molecule has 0 aliphatic heterocycles. The van der Waals surface area contributed by atoms with E-state index in [0.29, 0.717) is 18.5 Å². The molecule has 0 aliphatic carbocycles. The number of fused-ring (bicyclic) bond motifs is 1. The molecule has 0 saturated heterocycles. The molecule has 0 unspecified atom stereocenters. The maximum Gasteiger partial charge on any atom is 0.251 e. The van der Waals surface area contributed by atoms with E-state index < -0.39 is 0 Å². The third kappa shape index (κ3) is 4.27. The van der Waals surface area contributed by atoms with Gasteiger partial charge in [0.1, 0.15) is 0 Å². The van der Waals surface area contributed by atoms with E-state index in [2.05, 4.69) is 10.3 Å². The van der Waals surface area contributed by atoms with Gasteiger partial charge in [-0.2, -0.15) is 0 Å².